The Balaban J connectivity index is 1.55. The summed E-state index contributed by atoms with van der Waals surface area (Å²) >= 11 is 0. The third-order valence-electron chi connectivity index (χ3n) is 5.63. The first-order valence-corrected chi connectivity index (χ1v) is 8.32. The maximum absolute atomic E-state index is 12.5. The Morgan fingerprint density at radius 1 is 1.17 bits per heavy atom. The van der Waals surface area contributed by atoms with E-state index >= 15 is 0 Å². The first-order valence-electron chi connectivity index (χ1n) is 8.32. The Morgan fingerprint density at radius 3 is 2.22 bits per heavy atom. The molecular weight excluding hydrogens is 292 g/mol. The maximum Gasteiger partial charge on any atom is 0.226 e. The van der Waals surface area contributed by atoms with Gasteiger partial charge in [-0.1, -0.05) is 12.1 Å². The van der Waals surface area contributed by atoms with Crippen LogP contribution in [0.25, 0.3) is 0 Å². The van der Waals surface area contributed by atoms with Gasteiger partial charge < -0.3 is 20.0 Å². The predicted octanol–water partition coefficient (Wildman–Crippen LogP) is 1.03. The second-order valence-corrected chi connectivity index (χ2v) is 7.12. The fourth-order valence-corrected chi connectivity index (χ4v) is 3.78. The van der Waals surface area contributed by atoms with E-state index in [0.717, 1.165) is 11.3 Å². The maximum atomic E-state index is 12.5. The Morgan fingerprint density at radius 2 is 1.74 bits per heavy atom. The molecule has 2 N–H and O–H groups in total. The van der Waals surface area contributed by atoms with Crippen LogP contribution < -0.4 is 4.90 Å². The van der Waals surface area contributed by atoms with Crippen LogP contribution in [0, 0.1) is 5.41 Å². The lowest BCUT2D eigenvalue weighted by Gasteiger charge is -2.55. The Labute approximate surface area is 137 Å². The van der Waals surface area contributed by atoms with Crippen LogP contribution in [0.4, 0.5) is 5.69 Å². The Bertz CT molecular complexity index is 552. The summed E-state index contributed by atoms with van der Waals surface area (Å²) in [7, 11) is 3.99. The van der Waals surface area contributed by atoms with Crippen LogP contribution in [-0.4, -0.2) is 60.4 Å². The summed E-state index contributed by atoms with van der Waals surface area (Å²) in [6, 6.07) is 8.04. The third kappa shape index (κ3) is 2.95. The van der Waals surface area contributed by atoms with E-state index in [1.165, 1.54) is 0 Å². The molecular formula is C18H26N2O3. The van der Waals surface area contributed by atoms with Gasteiger partial charge in [-0.15, -0.1) is 0 Å². The van der Waals surface area contributed by atoms with Crippen molar-refractivity contribution in [2.75, 3.05) is 32.1 Å². The minimum Gasteiger partial charge on any atom is -0.392 e. The molecule has 5 nitrogen and oxygen atoms in total. The molecule has 2 fully saturated rings. The van der Waals surface area contributed by atoms with Crippen molar-refractivity contribution < 1.29 is 15.0 Å². The molecule has 1 spiro atoms. The quantitative estimate of drug-likeness (QED) is 0.874. The van der Waals surface area contributed by atoms with Crippen molar-refractivity contribution >= 4 is 11.6 Å². The molecule has 5 heteroatoms. The van der Waals surface area contributed by atoms with Gasteiger partial charge in [0.05, 0.1) is 18.6 Å². The Kier molecular flexibility index (Phi) is 4.34. The summed E-state index contributed by atoms with van der Waals surface area (Å²) in [5, 5.41) is 19.9. The highest BCUT2D eigenvalue weighted by molar-refractivity contribution is 5.79. The van der Waals surface area contributed by atoms with Gasteiger partial charge in [0, 0.05) is 44.7 Å². The molecule has 1 aliphatic carbocycles. The van der Waals surface area contributed by atoms with Crippen molar-refractivity contribution in [3.63, 3.8) is 0 Å². The Hall–Kier alpha value is -1.59. The second kappa shape index (κ2) is 6.13. The minimum absolute atomic E-state index is 0.126. The van der Waals surface area contributed by atoms with Crippen LogP contribution >= 0.6 is 0 Å². The van der Waals surface area contributed by atoms with E-state index in [-0.39, 0.29) is 11.3 Å². The highest BCUT2D eigenvalue weighted by Gasteiger charge is 2.55. The van der Waals surface area contributed by atoms with E-state index in [9.17, 15) is 15.0 Å². The zero-order chi connectivity index (χ0) is 16.6. The zero-order valence-electron chi connectivity index (χ0n) is 13.9. The lowest BCUT2D eigenvalue weighted by atomic mass is 9.58. The van der Waals surface area contributed by atoms with Crippen molar-refractivity contribution in [2.24, 2.45) is 5.41 Å². The van der Waals surface area contributed by atoms with Crippen LogP contribution in [-0.2, 0) is 11.2 Å². The highest BCUT2D eigenvalue weighted by atomic mass is 16.3. The fourth-order valence-electron chi connectivity index (χ4n) is 3.78. The van der Waals surface area contributed by atoms with Crippen molar-refractivity contribution in [1.29, 1.82) is 0 Å². The molecule has 0 aromatic heterocycles. The normalized spacial score (nSPS) is 26.0. The summed E-state index contributed by atoms with van der Waals surface area (Å²) in [6.45, 7) is 1.26. The highest BCUT2D eigenvalue weighted by Crippen LogP contribution is 2.49. The molecule has 23 heavy (non-hydrogen) atoms. The second-order valence-electron chi connectivity index (χ2n) is 7.12. The molecule has 1 saturated heterocycles. The number of aliphatic hydroxyl groups is 2. The topological polar surface area (TPSA) is 64.0 Å². The van der Waals surface area contributed by atoms with Crippen LogP contribution in [0.3, 0.4) is 0 Å². The van der Waals surface area contributed by atoms with Crippen molar-refractivity contribution in [3.8, 4) is 0 Å². The van der Waals surface area contributed by atoms with E-state index in [4.69, 9.17) is 0 Å². The molecule has 1 saturated carbocycles. The van der Waals surface area contributed by atoms with Gasteiger partial charge >= 0.3 is 0 Å². The van der Waals surface area contributed by atoms with Crippen molar-refractivity contribution in [1.82, 2.24) is 4.90 Å². The van der Waals surface area contributed by atoms with Crippen LogP contribution in [0.1, 0.15) is 24.8 Å². The molecule has 2 atom stereocenters. The van der Waals surface area contributed by atoms with E-state index in [1.54, 1.807) is 0 Å². The number of hydrogen-bond donors (Lipinski definition) is 2. The first-order chi connectivity index (χ1) is 10.9. The van der Waals surface area contributed by atoms with E-state index in [0.29, 0.717) is 38.8 Å². The standard InChI is InChI=1S/C18H26N2O3/c1-19(2)14-5-3-13(4-6-14)11-17(23)20-9-7-18(8-10-20)15(21)12-16(18)22/h3-6,15-16,21-22H,7-12H2,1-2H3. The van der Waals surface area contributed by atoms with Gasteiger partial charge in [0.15, 0.2) is 0 Å². The van der Waals surface area contributed by atoms with Gasteiger partial charge in [0.25, 0.3) is 0 Å². The molecule has 126 valence electrons. The number of benzene rings is 1. The lowest BCUT2D eigenvalue weighted by Crippen LogP contribution is -2.61. The predicted molar refractivity (Wildman–Crippen MR) is 89.4 cm³/mol. The van der Waals surface area contributed by atoms with Gasteiger partial charge in [-0.05, 0) is 30.5 Å². The number of likely N-dealkylation sites (tertiary alicyclic amines) is 1. The number of aliphatic hydroxyl groups excluding tert-OH is 2. The van der Waals surface area contributed by atoms with Crippen molar-refractivity contribution in [3.05, 3.63) is 29.8 Å². The molecule has 1 aliphatic heterocycles. The molecule has 1 aromatic carbocycles. The van der Waals surface area contributed by atoms with Gasteiger partial charge in [0.1, 0.15) is 0 Å². The first kappa shape index (κ1) is 16.3. The van der Waals surface area contributed by atoms with Gasteiger partial charge in [-0.2, -0.15) is 0 Å². The summed E-state index contributed by atoms with van der Waals surface area (Å²) in [4.78, 5) is 16.4. The number of carbonyl (C=O) groups excluding carboxylic acids is 1. The number of rotatable bonds is 3. The van der Waals surface area contributed by atoms with Gasteiger partial charge in [0.2, 0.25) is 5.91 Å². The van der Waals surface area contributed by atoms with Gasteiger partial charge in [-0.3, -0.25) is 4.79 Å². The van der Waals surface area contributed by atoms with Crippen LogP contribution in [0.5, 0.6) is 0 Å². The fraction of sp³-hybridized carbons (Fsp3) is 0.611. The molecule has 2 unspecified atom stereocenters. The smallest absolute Gasteiger partial charge is 0.226 e. The number of carbonyl (C=O) groups is 1. The summed E-state index contributed by atoms with van der Waals surface area (Å²) in [5.74, 6) is 0.126. The molecule has 1 heterocycles. The number of nitrogens with zero attached hydrogens (tertiary/aromatic N) is 2. The molecule has 2 aliphatic rings. The number of piperidine rings is 1. The van der Waals surface area contributed by atoms with Crippen molar-refractivity contribution in [2.45, 2.75) is 37.9 Å². The minimum atomic E-state index is -0.409. The molecule has 1 aromatic rings. The van der Waals surface area contributed by atoms with Gasteiger partial charge in [-0.25, -0.2) is 0 Å². The van der Waals surface area contributed by atoms with E-state index in [2.05, 4.69) is 0 Å². The monoisotopic (exact) mass is 318 g/mol. The summed E-state index contributed by atoms with van der Waals surface area (Å²) in [5.41, 5.74) is 1.78. The average Bonchev–Trinajstić information content (AvgIpc) is 2.55. The SMILES string of the molecule is CN(C)c1ccc(CC(=O)N2CCC3(CC2)C(O)CC3O)cc1. The molecule has 0 radical (unpaired) electrons. The molecule has 1 amide bonds. The molecule has 3 rings (SSSR count). The van der Waals surface area contributed by atoms with E-state index in [1.807, 2.05) is 48.2 Å². The molecule has 0 bridgehead atoms. The van der Waals surface area contributed by atoms with E-state index < -0.39 is 12.2 Å². The van der Waals surface area contributed by atoms with Crippen LogP contribution in [0.15, 0.2) is 24.3 Å². The summed E-state index contributed by atoms with van der Waals surface area (Å²) < 4.78 is 0. The zero-order valence-corrected chi connectivity index (χ0v) is 13.9. The van der Waals surface area contributed by atoms with Crippen LogP contribution in [0.2, 0.25) is 0 Å². The largest absolute Gasteiger partial charge is 0.392 e. The lowest BCUT2D eigenvalue weighted by molar-refractivity contribution is -0.191. The number of hydrogen-bond acceptors (Lipinski definition) is 4. The third-order valence-corrected chi connectivity index (χ3v) is 5.63. The number of amides is 1. The average molecular weight is 318 g/mol. The number of anilines is 1. The summed E-state index contributed by atoms with van der Waals surface area (Å²) in [6.07, 6.45) is 1.46.